The number of benzene rings is 2. The first-order valence-corrected chi connectivity index (χ1v) is 7.43. The van der Waals surface area contributed by atoms with E-state index in [0.29, 0.717) is 17.1 Å². The lowest BCUT2D eigenvalue weighted by molar-refractivity contribution is -0.143. The van der Waals surface area contributed by atoms with E-state index in [4.69, 9.17) is 0 Å². The zero-order chi connectivity index (χ0) is 19.1. The SMILES string of the molecule is OCc1nc2ccccc2n1Cc1ccc(C(F)(F)F)cc1C(F)(F)F. The smallest absolute Gasteiger partial charge is 0.388 e. The van der Waals surface area contributed by atoms with Crippen LogP contribution in [0.4, 0.5) is 26.3 Å². The van der Waals surface area contributed by atoms with Crippen LogP contribution < -0.4 is 0 Å². The number of para-hydroxylation sites is 2. The molecule has 0 saturated carbocycles. The molecular formula is C17H12F6N2O. The predicted molar refractivity (Wildman–Crippen MR) is 81.2 cm³/mol. The summed E-state index contributed by atoms with van der Waals surface area (Å²) in [5.41, 5.74) is -2.13. The van der Waals surface area contributed by atoms with Crippen LogP contribution in [0.25, 0.3) is 11.0 Å². The predicted octanol–water partition coefficient (Wildman–Crippen LogP) is 4.61. The molecule has 0 unspecified atom stereocenters. The Bertz CT molecular complexity index is 943. The van der Waals surface area contributed by atoms with E-state index in [-0.39, 0.29) is 24.0 Å². The van der Waals surface area contributed by atoms with Gasteiger partial charge in [-0.1, -0.05) is 18.2 Å². The van der Waals surface area contributed by atoms with Gasteiger partial charge in [-0.25, -0.2) is 4.98 Å². The zero-order valence-corrected chi connectivity index (χ0v) is 13.1. The number of rotatable bonds is 3. The lowest BCUT2D eigenvalue weighted by atomic mass is 10.0. The van der Waals surface area contributed by atoms with Gasteiger partial charge in [-0.05, 0) is 29.8 Å². The Hall–Kier alpha value is -2.55. The number of imidazole rings is 1. The molecule has 3 aromatic rings. The molecule has 0 aliphatic rings. The van der Waals surface area contributed by atoms with Crippen molar-refractivity contribution in [2.75, 3.05) is 0 Å². The fraction of sp³-hybridized carbons (Fsp3) is 0.235. The highest BCUT2D eigenvalue weighted by atomic mass is 19.4. The molecule has 0 radical (unpaired) electrons. The zero-order valence-electron chi connectivity index (χ0n) is 13.1. The maximum atomic E-state index is 13.3. The van der Waals surface area contributed by atoms with Gasteiger partial charge in [0.1, 0.15) is 12.4 Å². The number of aliphatic hydroxyl groups excluding tert-OH is 1. The van der Waals surface area contributed by atoms with Crippen LogP contribution in [0.15, 0.2) is 42.5 Å². The van der Waals surface area contributed by atoms with Gasteiger partial charge in [0, 0.05) is 0 Å². The van der Waals surface area contributed by atoms with Crippen LogP contribution in [0.1, 0.15) is 22.5 Å². The van der Waals surface area contributed by atoms with Gasteiger partial charge in [0.15, 0.2) is 0 Å². The Morgan fingerprint density at radius 1 is 0.923 bits per heavy atom. The quantitative estimate of drug-likeness (QED) is 0.680. The minimum absolute atomic E-state index is 0.104. The van der Waals surface area contributed by atoms with Crippen molar-refractivity contribution in [3.63, 3.8) is 0 Å². The van der Waals surface area contributed by atoms with Crippen molar-refractivity contribution in [2.24, 2.45) is 0 Å². The molecule has 0 aliphatic heterocycles. The van der Waals surface area contributed by atoms with Gasteiger partial charge in [-0.15, -0.1) is 0 Å². The van der Waals surface area contributed by atoms with Gasteiger partial charge in [-0.2, -0.15) is 26.3 Å². The molecule has 0 atom stereocenters. The largest absolute Gasteiger partial charge is 0.416 e. The number of halogens is 6. The average molecular weight is 374 g/mol. The molecule has 0 spiro atoms. The highest BCUT2D eigenvalue weighted by Crippen LogP contribution is 2.38. The molecule has 3 rings (SSSR count). The lowest BCUT2D eigenvalue weighted by Crippen LogP contribution is -2.16. The summed E-state index contributed by atoms with van der Waals surface area (Å²) in [5.74, 6) is 0.124. The third-order valence-electron chi connectivity index (χ3n) is 3.95. The molecule has 1 N–H and O–H groups in total. The normalized spacial score (nSPS) is 12.7. The summed E-state index contributed by atoms with van der Waals surface area (Å²) < 4.78 is 79.6. The van der Waals surface area contributed by atoms with E-state index >= 15 is 0 Å². The molecule has 26 heavy (non-hydrogen) atoms. The monoisotopic (exact) mass is 374 g/mol. The van der Waals surface area contributed by atoms with Crippen LogP contribution >= 0.6 is 0 Å². The van der Waals surface area contributed by atoms with E-state index in [2.05, 4.69) is 4.98 Å². The minimum Gasteiger partial charge on any atom is -0.388 e. The van der Waals surface area contributed by atoms with Crippen molar-refractivity contribution in [1.29, 1.82) is 0 Å². The molecule has 1 heterocycles. The van der Waals surface area contributed by atoms with E-state index in [1.54, 1.807) is 24.3 Å². The van der Waals surface area contributed by atoms with Gasteiger partial charge in [0.2, 0.25) is 0 Å². The van der Waals surface area contributed by atoms with Crippen molar-refractivity contribution in [1.82, 2.24) is 9.55 Å². The summed E-state index contributed by atoms with van der Waals surface area (Å²) in [6.45, 7) is -0.889. The number of hydrogen-bond donors (Lipinski definition) is 1. The fourth-order valence-electron chi connectivity index (χ4n) is 2.75. The second-order valence-corrected chi connectivity index (χ2v) is 5.63. The fourth-order valence-corrected chi connectivity index (χ4v) is 2.75. The van der Waals surface area contributed by atoms with Crippen LogP contribution in [0, 0.1) is 0 Å². The van der Waals surface area contributed by atoms with Crippen LogP contribution in [0.3, 0.4) is 0 Å². The average Bonchev–Trinajstić information content (AvgIpc) is 2.91. The van der Waals surface area contributed by atoms with Crippen molar-refractivity contribution in [2.45, 2.75) is 25.5 Å². The summed E-state index contributed by atoms with van der Waals surface area (Å²) in [6.07, 6.45) is -9.83. The Kier molecular flexibility index (Phi) is 4.43. The number of alkyl halides is 6. The van der Waals surface area contributed by atoms with Gasteiger partial charge < -0.3 is 9.67 Å². The molecule has 1 aromatic heterocycles. The standard InChI is InChI=1S/C17H12F6N2O/c18-16(19,20)11-6-5-10(12(7-11)17(21,22)23)8-25-14-4-2-1-3-13(14)24-15(25)9-26/h1-7,26H,8-9H2. The third kappa shape index (κ3) is 3.39. The number of aromatic nitrogens is 2. The highest BCUT2D eigenvalue weighted by Gasteiger charge is 2.38. The third-order valence-corrected chi connectivity index (χ3v) is 3.95. The Labute approximate surface area is 143 Å². The molecular weight excluding hydrogens is 362 g/mol. The molecule has 0 aliphatic carbocycles. The van der Waals surface area contributed by atoms with Gasteiger partial charge in [-0.3, -0.25) is 0 Å². The topological polar surface area (TPSA) is 38.1 Å². The Morgan fingerprint density at radius 3 is 2.23 bits per heavy atom. The molecule has 9 heteroatoms. The first kappa shape index (κ1) is 18.2. The molecule has 0 fully saturated rings. The lowest BCUT2D eigenvalue weighted by Gasteiger charge is -2.17. The van der Waals surface area contributed by atoms with Crippen molar-refractivity contribution >= 4 is 11.0 Å². The van der Waals surface area contributed by atoms with Gasteiger partial charge in [0.25, 0.3) is 0 Å². The van der Waals surface area contributed by atoms with E-state index < -0.39 is 30.1 Å². The van der Waals surface area contributed by atoms with E-state index in [0.717, 1.165) is 6.07 Å². The number of hydrogen-bond acceptors (Lipinski definition) is 2. The maximum Gasteiger partial charge on any atom is 0.416 e. The number of fused-ring (bicyclic) bond motifs is 1. The molecule has 3 nitrogen and oxygen atoms in total. The second-order valence-electron chi connectivity index (χ2n) is 5.63. The summed E-state index contributed by atoms with van der Waals surface area (Å²) >= 11 is 0. The Balaban J connectivity index is 2.14. The van der Waals surface area contributed by atoms with Crippen molar-refractivity contribution in [3.8, 4) is 0 Å². The molecule has 0 bridgehead atoms. The van der Waals surface area contributed by atoms with Crippen molar-refractivity contribution < 1.29 is 31.4 Å². The van der Waals surface area contributed by atoms with Crippen LogP contribution in [0.2, 0.25) is 0 Å². The van der Waals surface area contributed by atoms with Gasteiger partial charge in [0.05, 0.1) is 28.7 Å². The molecule has 138 valence electrons. The first-order valence-electron chi connectivity index (χ1n) is 7.43. The van der Waals surface area contributed by atoms with Crippen LogP contribution in [-0.4, -0.2) is 14.7 Å². The first-order chi connectivity index (χ1) is 12.1. The maximum absolute atomic E-state index is 13.3. The van der Waals surface area contributed by atoms with Crippen molar-refractivity contribution in [3.05, 3.63) is 65.0 Å². The molecule has 2 aromatic carbocycles. The second kappa shape index (κ2) is 6.31. The van der Waals surface area contributed by atoms with Crippen LogP contribution in [-0.2, 0) is 25.5 Å². The van der Waals surface area contributed by atoms with E-state index in [1.165, 1.54) is 4.57 Å². The minimum atomic E-state index is -4.95. The van der Waals surface area contributed by atoms with Gasteiger partial charge >= 0.3 is 12.4 Å². The highest BCUT2D eigenvalue weighted by molar-refractivity contribution is 5.76. The summed E-state index contributed by atoms with van der Waals surface area (Å²) in [5, 5.41) is 9.42. The molecule has 0 saturated heterocycles. The van der Waals surface area contributed by atoms with Crippen LogP contribution in [0.5, 0.6) is 0 Å². The Morgan fingerprint density at radius 2 is 1.62 bits per heavy atom. The summed E-state index contributed by atoms with van der Waals surface area (Å²) in [7, 11) is 0. The number of aliphatic hydroxyl groups is 1. The summed E-state index contributed by atoms with van der Waals surface area (Å²) in [4.78, 5) is 4.13. The van der Waals surface area contributed by atoms with E-state index in [1.807, 2.05) is 0 Å². The number of nitrogens with zero attached hydrogens (tertiary/aromatic N) is 2. The van der Waals surface area contributed by atoms with E-state index in [9.17, 15) is 31.4 Å². The summed E-state index contributed by atoms with van der Waals surface area (Å²) in [6, 6.07) is 8.09. The molecule has 0 amide bonds.